The smallest absolute Gasteiger partial charge is 0.197 e. The Morgan fingerprint density at radius 3 is 2.90 bits per heavy atom. The lowest BCUT2D eigenvalue weighted by Gasteiger charge is -2.25. The summed E-state index contributed by atoms with van der Waals surface area (Å²) in [6, 6.07) is 8.26. The molecule has 160 valence electrons. The van der Waals surface area contributed by atoms with Crippen LogP contribution >= 0.6 is 0 Å². The van der Waals surface area contributed by atoms with Crippen molar-refractivity contribution in [3.8, 4) is 0 Å². The minimum Gasteiger partial charge on any atom is -0.394 e. The lowest BCUT2D eigenvalue weighted by molar-refractivity contribution is -0.216. The zero-order valence-corrected chi connectivity index (χ0v) is 17.3. The van der Waals surface area contributed by atoms with Crippen molar-refractivity contribution in [2.45, 2.75) is 57.8 Å². The predicted molar refractivity (Wildman–Crippen MR) is 110 cm³/mol. The van der Waals surface area contributed by atoms with Gasteiger partial charge in [-0.05, 0) is 26.3 Å². The normalized spacial score (nSPS) is 22.0. The molecular formula is C21H27N5O4. The van der Waals surface area contributed by atoms with E-state index in [4.69, 9.17) is 9.47 Å². The van der Waals surface area contributed by atoms with Crippen LogP contribution in [0.1, 0.15) is 43.2 Å². The van der Waals surface area contributed by atoms with Crippen molar-refractivity contribution in [2.24, 2.45) is 0 Å². The highest BCUT2D eigenvalue weighted by molar-refractivity contribution is 5.62. The lowest BCUT2D eigenvalue weighted by Crippen LogP contribution is -2.36. The maximum Gasteiger partial charge on any atom is 0.197 e. The number of ether oxygens (including phenoxy) is 2. The van der Waals surface area contributed by atoms with E-state index >= 15 is 0 Å². The van der Waals surface area contributed by atoms with Crippen LogP contribution in [0.15, 0.2) is 36.8 Å². The van der Waals surface area contributed by atoms with Crippen LogP contribution in [-0.4, -0.2) is 54.4 Å². The molecule has 30 heavy (non-hydrogen) atoms. The van der Waals surface area contributed by atoms with Crippen LogP contribution in [0.3, 0.4) is 0 Å². The van der Waals surface area contributed by atoms with Crippen molar-refractivity contribution in [1.29, 1.82) is 0 Å². The molecule has 1 aliphatic rings. The number of fused-ring (bicyclic) bond motifs is 1. The van der Waals surface area contributed by atoms with Gasteiger partial charge in [-0.15, -0.1) is 0 Å². The molecule has 2 aromatic heterocycles. The van der Waals surface area contributed by atoms with Crippen molar-refractivity contribution in [1.82, 2.24) is 19.6 Å². The van der Waals surface area contributed by atoms with Gasteiger partial charge in [-0.25, -0.2) is 14.5 Å². The Labute approximate surface area is 174 Å². The van der Waals surface area contributed by atoms with Crippen molar-refractivity contribution in [3.05, 3.63) is 53.6 Å². The third-order valence-corrected chi connectivity index (χ3v) is 5.02. The molecule has 0 radical (unpaired) electrons. The van der Waals surface area contributed by atoms with Crippen LogP contribution in [0.4, 0.5) is 5.82 Å². The molecule has 1 aliphatic heterocycles. The van der Waals surface area contributed by atoms with Gasteiger partial charge in [0.15, 0.2) is 17.3 Å². The molecule has 4 rings (SSSR count). The molecule has 0 amide bonds. The number of benzene rings is 1. The summed E-state index contributed by atoms with van der Waals surface area (Å²) in [5, 5.41) is 27.3. The molecule has 3 aromatic rings. The van der Waals surface area contributed by atoms with E-state index in [1.807, 2.05) is 6.07 Å². The first-order valence-corrected chi connectivity index (χ1v) is 9.98. The summed E-state index contributed by atoms with van der Waals surface area (Å²) < 4.78 is 13.3. The summed E-state index contributed by atoms with van der Waals surface area (Å²) in [5.41, 5.74) is 3.68. The van der Waals surface area contributed by atoms with Gasteiger partial charge in [0.05, 0.1) is 24.6 Å². The average Bonchev–Trinajstić information content (AvgIpc) is 3.29. The zero-order valence-electron chi connectivity index (χ0n) is 17.3. The lowest BCUT2D eigenvalue weighted by atomic mass is 10.1. The van der Waals surface area contributed by atoms with Crippen LogP contribution in [0, 0.1) is 6.92 Å². The van der Waals surface area contributed by atoms with Crippen molar-refractivity contribution in [2.75, 3.05) is 11.9 Å². The zero-order chi connectivity index (χ0) is 21.3. The third-order valence-electron chi connectivity index (χ3n) is 5.02. The second kappa shape index (κ2) is 8.27. The first-order valence-electron chi connectivity index (χ1n) is 9.98. The van der Waals surface area contributed by atoms with Crippen LogP contribution < -0.4 is 5.32 Å². The highest BCUT2D eigenvalue weighted by Crippen LogP contribution is 2.36. The summed E-state index contributed by atoms with van der Waals surface area (Å²) in [4.78, 5) is 8.82. The SMILES string of the molecule is Cc1cccc(CNc2ncnn3c(C4C[C@H](OC(C)(C)O)C(CO)O4)cnc23)c1. The number of nitrogens with one attached hydrogen (secondary N) is 1. The molecule has 1 aromatic carbocycles. The van der Waals surface area contributed by atoms with Crippen LogP contribution in [-0.2, 0) is 16.0 Å². The van der Waals surface area contributed by atoms with Crippen LogP contribution in [0.5, 0.6) is 0 Å². The highest BCUT2D eigenvalue weighted by Gasteiger charge is 2.40. The van der Waals surface area contributed by atoms with E-state index in [2.05, 4.69) is 45.5 Å². The number of hydrogen-bond acceptors (Lipinski definition) is 8. The van der Waals surface area contributed by atoms with Gasteiger partial charge in [0.25, 0.3) is 0 Å². The summed E-state index contributed by atoms with van der Waals surface area (Å²) in [5.74, 6) is -0.691. The third kappa shape index (κ3) is 4.44. The number of rotatable bonds is 7. The molecule has 3 heterocycles. The Kier molecular flexibility index (Phi) is 5.70. The maximum absolute atomic E-state index is 9.98. The number of anilines is 1. The fourth-order valence-electron chi connectivity index (χ4n) is 3.75. The first kappa shape index (κ1) is 20.7. The van der Waals surface area contributed by atoms with Gasteiger partial charge < -0.3 is 25.0 Å². The van der Waals surface area contributed by atoms with E-state index in [1.165, 1.54) is 11.9 Å². The summed E-state index contributed by atoms with van der Waals surface area (Å²) in [6.07, 6.45) is 2.30. The molecule has 1 fully saturated rings. The first-order chi connectivity index (χ1) is 14.3. The van der Waals surface area contributed by atoms with Gasteiger partial charge in [0.1, 0.15) is 18.5 Å². The molecule has 9 nitrogen and oxygen atoms in total. The van der Waals surface area contributed by atoms with Gasteiger partial charge in [0, 0.05) is 13.0 Å². The average molecular weight is 413 g/mol. The summed E-state index contributed by atoms with van der Waals surface area (Å²) in [7, 11) is 0. The molecule has 3 N–H and O–H groups in total. The number of aliphatic hydroxyl groups is 2. The Balaban J connectivity index is 1.54. The Morgan fingerprint density at radius 2 is 2.17 bits per heavy atom. The molecule has 3 atom stereocenters. The number of nitrogens with zero attached hydrogens (tertiary/aromatic N) is 4. The predicted octanol–water partition coefficient (Wildman–Crippen LogP) is 1.98. The Bertz CT molecular complexity index is 1020. The van der Waals surface area contributed by atoms with Crippen LogP contribution in [0.25, 0.3) is 5.65 Å². The maximum atomic E-state index is 9.98. The van der Waals surface area contributed by atoms with Crippen molar-refractivity contribution >= 4 is 11.5 Å². The van der Waals surface area contributed by atoms with E-state index in [1.54, 1.807) is 24.6 Å². The van der Waals surface area contributed by atoms with E-state index < -0.39 is 18.0 Å². The number of aromatic nitrogens is 4. The molecule has 0 aliphatic carbocycles. The largest absolute Gasteiger partial charge is 0.394 e. The molecule has 2 unspecified atom stereocenters. The van der Waals surface area contributed by atoms with E-state index in [-0.39, 0.29) is 12.7 Å². The summed E-state index contributed by atoms with van der Waals surface area (Å²) in [6.45, 7) is 5.59. The minimum atomic E-state index is -1.31. The molecule has 0 spiro atoms. The van der Waals surface area contributed by atoms with Gasteiger partial charge >= 0.3 is 0 Å². The second-order valence-electron chi connectivity index (χ2n) is 8.05. The number of imidazole rings is 1. The van der Waals surface area contributed by atoms with E-state index in [0.717, 1.165) is 11.3 Å². The minimum absolute atomic E-state index is 0.202. The molecule has 0 bridgehead atoms. The monoisotopic (exact) mass is 413 g/mol. The standard InChI is InChI=1S/C21H27N5O4/c1-13-5-4-6-14(7-13)9-22-19-20-23-10-15(26(20)25-12-24-19)16-8-17(18(11-27)29-16)30-21(2,3)28/h4-7,10,12,16-18,27-28H,8-9,11H2,1-3H3,(H,22,24,25)/t16?,17-,18?/m0/s1. The van der Waals surface area contributed by atoms with Gasteiger partial charge in [-0.2, -0.15) is 5.10 Å². The topological polar surface area (TPSA) is 114 Å². The molecule has 0 saturated carbocycles. The van der Waals surface area contributed by atoms with Crippen molar-refractivity contribution < 1.29 is 19.7 Å². The molecular weight excluding hydrogens is 386 g/mol. The number of aryl methyl sites for hydroxylation is 1. The van der Waals surface area contributed by atoms with Crippen LogP contribution in [0.2, 0.25) is 0 Å². The highest BCUT2D eigenvalue weighted by atomic mass is 16.6. The number of hydrogen-bond donors (Lipinski definition) is 3. The Hall–Kier alpha value is -2.59. The van der Waals surface area contributed by atoms with E-state index in [0.29, 0.717) is 24.4 Å². The van der Waals surface area contributed by atoms with Gasteiger partial charge in [-0.1, -0.05) is 29.8 Å². The Morgan fingerprint density at radius 1 is 1.33 bits per heavy atom. The fourth-order valence-corrected chi connectivity index (χ4v) is 3.75. The van der Waals surface area contributed by atoms with Crippen molar-refractivity contribution in [3.63, 3.8) is 0 Å². The summed E-state index contributed by atoms with van der Waals surface area (Å²) >= 11 is 0. The fraction of sp³-hybridized carbons (Fsp3) is 0.476. The van der Waals surface area contributed by atoms with Gasteiger partial charge in [-0.3, -0.25) is 0 Å². The molecule has 1 saturated heterocycles. The van der Waals surface area contributed by atoms with Gasteiger partial charge in [0.2, 0.25) is 0 Å². The van der Waals surface area contributed by atoms with E-state index in [9.17, 15) is 10.2 Å². The quantitative estimate of drug-likeness (QED) is 0.504. The molecule has 9 heteroatoms. The number of aliphatic hydroxyl groups excluding tert-OH is 1. The second-order valence-corrected chi connectivity index (χ2v) is 8.05.